The minimum atomic E-state index is -4.78. The van der Waals surface area contributed by atoms with Gasteiger partial charge in [0.25, 0.3) is 11.8 Å². The maximum absolute atomic E-state index is 13.7. The van der Waals surface area contributed by atoms with Crippen molar-refractivity contribution in [2.24, 2.45) is 0 Å². The predicted octanol–water partition coefficient (Wildman–Crippen LogP) is 5.10. The second-order valence-corrected chi connectivity index (χ2v) is 10.1. The Morgan fingerprint density at radius 3 is 2.44 bits per heavy atom. The molecule has 2 heterocycles. The second-order valence-electron chi connectivity index (χ2n) is 10.1. The first-order valence-electron chi connectivity index (χ1n) is 12.4. The highest BCUT2D eigenvalue weighted by molar-refractivity contribution is 5.92. The van der Waals surface area contributed by atoms with Crippen molar-refractivity contribution in [2.75, 3.05) is 19.6 Å². The fourth-order valence-corrected chi connectivity index (χ4v) is 5.02. The molecule has 1 aromatic carbocycles. The minimum absolute atomic E-state index is 0.0213. The number of alkyl halides is 7. The number of nitrogens with one attached hydrogen (secondary N) is 1. The van der Waals surface area contributed by atoms with Gasteiger partial charge in [0.15, 0.2) is 0 Å². The summed E-state index contributed by atoms with van der Waals surface area (Å²) in [5, 5.41) is 11.7. The van der Waals surface area contributed by atoms with Crippen molar-refractivity contribution < 1.29 is 45.4 Å². The third-order valence-electron chi connectivity index (χ3n) is 6.91. The van der Waals surface area contributed by atoms with Gasteiger partial charge in [0, 0.05) is 44.0 Å². The highest BCUT2D eigenvalue weighted by Gasteiger charge is 2.48. The van der Waals surface area contributed by atoms with Crippen LogP contribution in [0.5, 0.6) is 0 Å². The molecule has 7 nitrogen and oxygen atoms in total. The summed E-state index contributed by atoms with van der Waals surface area (Å²) in [5.74, 6) is -9.10. The van der Waals surface area contributed by atoms with Crippen molar-refractivity contribution in [1.82, 2.24) is 19.8 Å². The number of carboxylic acids is 1. The Morgan fingerprint density at radius 2 is 1.82 bits per heavy atom. The smallest absolute Gasteiger partial charge is 0.418 e. The first-order chi connectivity index (χ1) is 18.1. The molecule has 0 unspecified atom stereocenters. The van der Waals surface area contributed by atoms with E-state index in [1.165, 1.54) is 17.0 Å². The van der Waals surface area contributed by atoms with Gasteiger partial charge >= 0.3 is 12.1 Å². The van der Waals surface area contributed by atoms with E-state index < -0.39 is 78.9 Å². The number of nitrogens with zero attached hydrogens (tertiary/aromatic N) is 3. The number of piperidine rings is 1. The number of hydrogen-bond donors (Lipinski definition) is 2. The molecule has 14 heteroatoms. The summed E-state index contributed by atoms with van der Waals surface area (Å²) < 4.78 is 96.7. The number of likely N-dealkylation sites (tertiary alicyclic amines) is 1. The molecule has 214 valence electrons. The molecular formula is C25H27F7N4O3. The Morgan fingerprint density at radius 1 is 1.13 bits per heavy atom. The fourth-order valence-electron chi connectivity index (χ4n) is 5.02. The third-order valence-corrected chi connectivity index (χ3v) is 6.91. The molecule has 1 aromatic heterocycles. The molecule has 1 aliphatic heterocycles. The van der Waals surface area contributed by atoms with Crippen LogP contribution in [0, 0.1) is 0 Å². The average molecular weight is 565 g/mol. The summed E-state index contributed by atoms with van der Waals surface area (Å²) in [6, 6.07) is 3.46. The molecule has 2 aliphatic rings. The number of carbonyl (C=O) groups excluding carboxylic acids is 1. The van der Waals surface area contributed by atoms with Gasteiger partial charge in [-0.25, -0.2) is 22.5 Å². The van der Waals surface area contributed by atoms with Gasteiger partial charge in [-0.3, -0.25) is 14.5 Å². The molecule has 39 heavy (non-hydrogen) atoms. The van der Waals surface area contributed by atoms with E-state index in [4.69, 9.17) is 0 Å². The van der Waals surface area contributed by atoms with Crippen LogP contribution in [-0.4, -0.2) is 69.0 Å². The summed E-state index contributed by atoms with van der Waals surface area (Å²) >= 11 is 0. The molecule has 1 aliphatic carbocycles. The molecule has 2 N–H and O–H groups in total. The predicted molar refractivity (Wildman–Crippen MR) is 124 cm³/mol. The first kappa shape index (κ1) is 28.8. The van der Waals surface area contributed by atoms with Crippen LogP contribution >= 0.6 is 0 Å². The quantitative estimate of drug-likeness (QED) is 0.414. The van der Waals surface area contributed by atoms with E-state index in [1.807, 2.05) is 0 Å². The Labute approximate surface area is 219 Å². The van der Waals surface area contributed by atoms with Crippen molar-refractivity contribution in [3.63, 3.8) is 0 Å². The highest BCUT2D eigenvalue weighted by atomic mass is 19.4. The van der Waals surface area contributed by atoms with Crippen molar-refractivity contribution in [3.8, 4) is 5.69 Å². The number of imidazole rings is 1. The summed E-state index contributed by atoms with van der Waals surface area (Å²) in [4.78, 5) is 30.0. The van der Waals surface area contributed by atoms with Crippen LogP contribution in [0.25, 0.3) is 5.69 Å². The summed E-state index contributed by atoms with van der Waals surface area (Å²) in [5.41, 5.74) is -1.82. The van der Waals surface area contributed by atoms with E-state index in [0.717, 1.165) is 22.9 Å². The van der Waals surface area contributed by atoms with E-state index in [1.54, 1.807) is 0 Å². The van der Waals surface area contributed by atoms with Crippen LogP contribution < -0.4 is 5.32 Å². The maximum Gasteiger partial charge on any atom is 0.418 e. The maximum atomic E-state index is 13.7. The number of benzene rings is 1. The molecular weight excluding hydrogens is 537 g/mol. The number of carbonyl (C=O) groups is 2. The fraction of sp³-hybridized carbons (Fsp3) is 0.560. The number of hydrogen-bond acceptors (Lipinski definition) is 4. The Bertz CT molecular complexity index is 1210. The molecule has 4 rings (SSSR count). The molecule has 0 radical (unpaired) electrons. The molecule has 1 saturated carbocycles. The Kier molecular flexibility index (Phi) is 7.97. The number of para-hydroxylation sites is 1. The molecule has 1 atom stereocenters. The van der Waals surface area contributed by atoms with Gasteiger partial charge in [-0.05, 0) is 31.5 Å². The SMILES string of the molecule is O=C(O)C[C@H](CCN1CCCC(F)(F)C1)NC(=O)c1cn(-c2ccccc2C(F)(F)F)c(C2CC(F)(F)C2)n1. The molecule has 1 amide bonds. The molecule has 0 spiro atoms. The van der Waals surface area contributed by atoms with Crippen molar-refractivity contribution in [1.29, 1.82) is 0 Å². The van der Waals surface area contributed by atoms with Gasteiger partial charge in [0.1, 0.15) is 11.5 Å². The molecule has 2 fully saturated rings. The van der Waals surface area contributed by atoms with Gasteiger partial charge in [-0.15, -0.1) is 0 Å². The topological polar surface area (TPSA) is 87.5 Å². The van der Waals surface area contributed by atoms with Crippen LogP contribution in [0.1, 0.15) is 66.3 Å². The van der Waals surface area contributed by atoms with Gasteiger partial charge in [0.2, 0.25) is 5.92 Å². The lowest BCUT2D eigenvalue weighted by atomic mass is 9.80. The van der Waals surface area contributed by atoms with Crippen LogP contribution in [0.15, 0.2) is 30.5 Å². The standard InChI is InChI=1S/C25H27F7N4O3/c26-23(27)7-3-8-35(14-23)9-6-16(10-20(37)38)33-22(39)18-13-36(21(34-18)15-11-24(28,29)12-15)19-5-2-1-4-17(19)25(30,31)32/h1-2,4-5,13,15-16H,3,6-12,14H2,(H,33,39)(H,37,38)/t16-/m0/s1. The summed E-state index contributed by atoms with van der Waals surface area (Å²) in [7, 11) is 0. The van der Waals surface area contributed by atoms with E-state index in [2.05, 4.69) is 10.3 Å². The van der Waals surface area contributed by atoms with Gasteiger partial charge in [0.05, 0.1) is 24.2 Å². The minimum Gasteiger partial charge on any atom is -0.481 e. The van der Waals surface area contributed by atoms with Crippen LogP contribution in [0.3, 0.4) is 0 Å². The molecule has 2 aromatic rings. The zero-order chi connectivity index (χ0) is 28.6. The van der Waals surface area contributed by atoms with Crippen molar-refractivity contribution in [3.05, 3.63) is 47.5 Å². The number of aliphatic carboxylic acids is 1. The van der Waals surface area contributed by atoms with Crippen LogP contribution in [0.2, 0.25) is 0 Å². The summed E-state index contributed by atoms with van der Waals surface area (Å²) in [6.45, 7) is -0.00943. The van der Waals surface area contributed by atoms with E-state index in [9.17, 15) is 45.4 Å². The molecule has 1 saturated heterocycles. The van der Waals surface area contributed by atoms with Crippen molar-refractivity contribution >= 4 is 11.9 Å². The third kappa shape index (κ3) is 7.08. The lowest BCUT2D eigenvalue weighted by Gasteiger charge is -2.34. The largest absolute Gasteiger partial charge is 0.481 e. The number of rotatable bonds is 9. The van der Waals surface area contributed by atoms with E-state index >= 15 is 0 Å². The normalized spacial score (nSPS) is 20.3. The van der Waals surface area contributed by atoms with Gasteiger partial charge in [-0.2, -0.15) is 13.2 Å². The lowest BCUT2D eigenvalue weighted by Crippen LogP contribution is -2.45. The average Bonchev–Trinajstić information content (AvgIpc) is 3.25. The summed E-state index contributed by atoms with van der Waals surface area (Å²) in [6.07, 6.45) is -5.56. The van der Waals surface area contributed by atoms with E-state index in [-0.39, 0.29) is 37.3 Å². The lowest BCUT2D eigenvalue weighted by molar-refractivity contribution is -0.138. The zero-order valence-electron chi connectivity index (χ0n) is 20.7. The number of aromatic nitrogens is 2. The molecule has 0 bridgehead atoms. The second kappa shape index (κ2) is 10.8. The number of amides is 1. The van der Waals surface area contributed by atoms with E-state index in [0.29, 0.717) is 6.54 Å². The zero-order valence-corrected chi connectivity index (χ0v) is 20.7. The Balaban J connectivity index is 1.57. The monoisotopic (exact) mass is 564 g/mol. The van der Waals surface area contributed by atoms with Gasteiger partial charge in [-0.1, -0.05) is 12.1 Å². The number of carboxylic acid groups (broad SMARTS) is 1. The van der Waals surface area contributed by atoms with Crippen LogP contribution in [0.4, 0.5) is 30.7 Å². The van der Waals surface area contributed by atoms with Crippen LogP contribution in [-0.2, 0) is 11.0 Å². The highest BCUT2D eigenvalue weighted by Crippen LogP contribution is 2.48. The van der Waals surface area contributed by atoms with Gasteiger partial charge < -0.3 is 15.0 Å². The van der Waals surface area contributed by atoms with Crippen molar-refractivity contribution in [2.45, 2.75) is 68.5 Å². The first-order valence-corrected chi connectivity index (χ1v) is 12.4. The number of halogens is 7. The Hall–Kier alpha value is -3.16.